The van der Waals surface area contributed by atoms with Crippen LogP contribution in [0.25, 0.3) is 0 Å². The van der Waals surface area contributed by atoms with Gasteiger partial charge in [-0.1, -0.05) is 51.9 Å². The number of anilines is 1. The number of unbranched alkanes of at least 4 members (excludes halogenated alkanes) is 7. The number of aromatic carboxylic acids is 1. The smallest absolute Gasteiger partial charge is 0.411 e. The summed E-state index contributed by atoms with van der Waals surface area (Å²) in [5, 5.41) is 29.6. The van der Waals surface area contributed by atoms with Crippen LogP contribution in [-0.4, -0.2) is 40.0 Å². The Bertz CT molecular complexity index is 675. The molecule has 0 aromatic heterocycles. The fraction of sp³-hybridized carbons (Fsp3) is 0.571. The lowest BCUT2D eigenvalue weighted by Crippen LogP contribution is -2.14. The second kappa shape index (κ2) is 13.4. The average molecular weight is 409 g/mol. The SMILES string of the molecule is CC(CCCCCCCCCCOC(=O)Nc1ccc(O)c(C(=O)O)c1)C(=O)O. The minimum Gasteiger partial charge on any atom is -0.507 e. The van der Waals surface area contributed by atoms with Crippen LogP contribution in [0.5, 0.6) is 5.75 Å². The molecule has 162 valence electrons. The first-order valence-electron chi connectivity index (χ1n) is 10.0. The zero-order valence-corrected chi connectivity index (χ0v) is 16.9. The minimum atomic E-state index is -1.28. The van der Waals surface area contributed by atoms with E-state index in [9.17, 15) is 19.5 Å². The van der Waals surface area contributed by atoms with E-state index in [2.05, 4.69) is 5.32 Å². The van der Waals surface area contributed by atoms with Gasteiger partial charge in [0.2, 0.25) is 0 Å². The number of carbonyl (C=O) groups excluding carboxylic acids is 1. The van der Waals surface area contributed by atoms with Crippen LogP contribution in [0.1, 0.15) is 75.1 Å². The summed E-state index contributed by atoms with van der Waals surface area (Å²) in [6.07, 6.45) is 8.16. The van der Waals surface area contributed by atoms with Crippen molar-refractivity contribution >= 4 is 23.7 Å². The largest absolute Gasteiger partial charge is 0.507 e. The highest BCUT2D eigenvalue weighted by Crippen LogP contribution is 2.21. The second-order valence-electron chi connectivity index (χ2n) is 7.15. The van der Waals surface area contributed by atoms with E-state index >= 15 is 0 Å². The van der Waals surface area contributed by atoms with E-state index in [1.54, 1.807) is 6.92 Å². The molecule has 4 N–H and O–H groups in total. The molecule has 0 aliphatic carbocycles. The number of rotatable bonds is 14. The zero-order chi connectivity index (χ0) is 21.6. The highest BCUT2D eigenvalue weighted by atomic mass is 16.5. The molecule has 0 aliphatic rings. The Hall–Kier alpha value is -2.77. The molecule has 1 aromatic carbocycles. The third-order valence-corrected chi connectivity index (χ3v) is 4.66. The van der Waals surface area contributed by atoms with Crippen LogP contribution in [0, 0.1) is 5.92 Å². The van der Waals surface area contributed by atoms with Crippen molar-refractivity contribution in [2.45, 2.75) is 64.7 Å². The third kappa shape index (κ3) is 10.4. The Morgan fingerprint density at radius 2 is 1.55 bits per heavy atom. The highest BCUT2D eigenvalue weighted by Gasteiger charge is 2.12. The minimum absolute atomic E-state index is 0.239. The number of carbonyl (C=O) groups is 3. The summed E-state index contributed by atoms with van der Waals surface area (Å²) in [5.41, 5.74) is -0.0536. The molecule has 1 atom stereocenters. The number of nitrogens with one attached hydrogen (secondary N) is 1. The van der Waals surface area contributed by atoms with Gasteiger partial charge >= 0.3 is 18.0 Å². The molecule has 0 spiro atoms. The van der Waals surface area contributed by atoms with Crippen LogP contribution in [-0.2, 0) is 9.53 Å². The number of hydrogen-bond acceptors (Lipinski definition) is 5. The lowest BCUT2D eigenvalue weighted by molar-refractivity contribution is -0.141. The number of amides is 1. The van der Waals surface area contributed by atoms with E-state index in [-0.39, 0.29) is 29.5 Å². The summed E-state index contributed by atoms with van der Waals surface area (Å²) < 4.78 is 5.07. The van der Waals surface area contributed by atoms with Gasteiger partial charge in [0.15, 0.2) is 0 Å². The summed E-state index contributed by atoms with van der Waals surface area (Å²) in [7, 11) is 0. The Kier molecular flexibility index (Phi) is 11.2. The van der Waals surface area contributed by atoms with Crippen LogP contribution >= 0.6 is 0 Å². The molecule has 1 amide bonds. The molecule has 0 radical (unpaired) electrons. The molecule has 0 fully saturated rings. The Balaban J connectivity index is 2.04. The van der Waals surface area contributed by atoms with Crippen LogP contribution < -0.4 is 5.32 Å². The Morgan fingerprint density at radius 1 is 0.966 bits per heavy atom. The summed E-state index contributed by atoms with van der Waals surface area (Å²) in [4.78, 5) is 33.4. The van der Waals surface area contributed by atoms with E-state index in [1.165, 1.54) is 18.2 Å². The topological polar surface area (TPSA) is 133 Å². The van der Waals surface area contributed by atoms with E-state index in [4.69, 9.17) is 14.9 Å². The van der Waals surface area contributed by atoms with E-state index < -0.39 is 18.0 Å². The van der Waals surface area contributed by atoms with E-state index in [0.717, 1.165) is 57.8 Å². The number of carboxylic acids is 2. The molecule has 1 rings (SSSR count). The van der Waals surface area contributed by atoms with Crippen LogP contribution in [0.4, 0.5) is 10.5 Å². The van der Waals surface area contributed by atoms with Crippen molar-refractivity contribution in [3.05, 3.63) is 23.8 Å². The Morgan fingerprint density at radius 3 is 2.14 bits per heavy atom. The van der Waals surface area contributed by atoms with Gasteiger partial charge in [0, 0.05) is 5.69 Å². The molecule has 8 heteroatoms. The quantitative estimate of drug-likeness (QED) is 0.254. The maximum Gasteiger partial charge on any atom is 0.411 e. The van der Waals surface area contributed by atoms with Gasteiger partial charge in [-0.15, -0.1) is 0 Å². The molecular weight excluding hydrogens is 378 g/mol. The van der Waals surface area contributed by atoms with Gasteiger partial charge in [-0.05, 0) is 31.0 Å². The van der Waals surface area contributed by atoms with Gasteiger partial charge in [-0.2, -0.15) is 0 Å². The highest BCUT2D eigenvalue weighted by molar-refractivity contribution is 5.93. The number of aromatic hydroxyl groups is 1. The van der Waals surface area contributed by atoms with E-state index in [0.29, 0.717) is 0 Å². The summed E-state index contributed by atoms with van der Waals surface area (Å²) in [6.45, 7) is 2.02. The lowest BCUT2D eigenvalue weighted by atomic mass is 10.0. The van der Waals surface area contributed by atoms with Crippen molar-refractivity contribution < 1.29 is 34.4 Å². The molecule has 1 aromatic rings. The number of hydrogen-bond donors (Lipinski definition) is 4. The van der Waals surface area contributed by atoms with Gasteiger partial charge in [0.25, 0.3) is 0 Å². The first-order valence-corrected chi connectivity index (χ1v) is 10.0. The number of carboxylic acid groups (broad SMARTS) is 2. The first kappa shape index (κ1) is 24.3. The number of benzene rings is 1. The first-order chi connectivity index (χ1) is 13.8. The molecule has 0 saturated heterocycles. The summed E-state index contributed by atoms with van der Waals surface area (Å²) in [5.74, 6) is -2.64. The zero-order valence-electron chi connectivity index (χ0n) is 16.9. The summed E-state index contributed by atoms with van der Waals surface area (Å²) in [6, 6.07) is 3.76. The van der Waals surface area contributed by atoms with Gasteiger partial charge in [-0.25, -0.2) is 9.59 Å². The van der Waals surface area contributed by atoms with Crippen molar-refractivity contribution in [1.29, 1.82) is 0 Å². The molecular formula is C21H31NO7. The molecule has 0 bridgehead atoms. The monoisotopic (exact) mass is 409 g/mol. The molecule has 8 nitrogen and oxygen atoms in total. The van der Waals surface area contributed by atoms with Gasteiger partial charge in [0.05, 0.1) is 12.5 Å². The molecule has 29 heavy (non-hydrogen) atoms. The molecule has 0 aliphatic heterocycles. The molecule has 1 unspecified atom stereocenters. The van der Waals surface area contributed by atoms with Crippen molar-refractivity contribution in [3.63, 3.8) is 0 Å². The van der Waals surface area contributed by atoms with Crippen LogP contribution in [0.3, 0.4) is 0 Å². The number of ether oxygens (including phenoxy) is 1. The number of aliphatic carboxylic acids is 1. The van der Waals surface area contributed by atoms with Crippen molar-refractivity contribution in [3.8, 4) is 5.75 Å². The lowest BCUT2D eigenvalue weighted by Gasteiger charge is -2.08. The van der Waals surface area contributed by atoms with Gasteiger partial charge in [-0.3, -0.25) is 10.1 Å². The van der Waals surface area contributed by atoms with Crippen molar-refractivity contribution in [1.82, 2.24) is 0 Å². The molecule has 0 saturated carbocycles. The maximum atomic E-state index is 11.7. The maximum absolute atomic E-state index is 11.7. The molecule has 0 heterocycles. The Labute approximate surface area is 170 Å². The van der Waals surface area contributed by atoms with E-state index in [1.807, 2.05) is 0 Å². The normalized spacial score (nSPS) is 11.6. The fourth-order valence-corrected chi connectivity index (χ4v) is 2.84. The standard InChI is InChI=1S/C21H31NO7/c1-15(19(24)25)10-8-6-4-2-3-5-7-9-13-29-21(28)22-16-11-12-18(23)17(14-16)20(26)27/h11-12,14-15,23H,2-10,13H2,1H3,(H,22,28)(H,24,25)(H,26,27). The predicted octanol–water partition coefficient (Wildman–Crippen LogP) is 4.87. The van der Waals surface area contributed by atoms with Crippen molar-refractivity contribution in [2.24, 2.45) is 5.92 Å². The van der Waals surface area contributed by atoms with Gasteiger partial charge in [0.1, 0.15) is 11.3 Å². The van der Waals surface area contributed by atoms with Crippen LogP contribution in [0.2, 0.25) is 0 Å². The van der Waals surface area contributed by atoms with Crippen LogP contribution in [0.15, 0.2) is 18.2 Å². The second-order valence-corrected chi connectivity index (χ2v) is 7.15. The average Bonchev–Trinajstić information content (AvgIpc) is 2.67. The number of phenols is 1. The van der Waals surface area contributed by atoms with Gasteiger partial charge < -0.3 is 20.1 Å². The van der Waals surface area contributed by atoms with Crippen molar-refractivity contribution in [2.75, 3.05) is 11.9 Å². The fourth-order valence-electron chi connectivity index (χ4n) is 2.84. The predicted molar refractivity (Wildman–Crippen MR) is 108 cm³/mol. The summed E-state index contributed by atoms with van der Waals surface area (Å²) >= 11 is 0. The third-order valence-electron chi connectivity index (χ3n) is 4.66.